The molecule has 1 fully saturated rings. The second-order valence-electron chi connectivity index (χ2n) is 7.44. The fraction of sp³-hybridized carbons (Fsp3) is 0.389. The molecular weight excluding hydrogens is 473 g/mol. The number of carbonyl (C=O) groups is 2. The van der Waals surface area contributed by atoms with E-state index in [2.05, 4.69) is 15.5 Å². The van der Waals surface area contributed by atoms with E-state index in [1.807, 2.05) is 0 Å². The third-order valence-corrected chi connectivity index (χ3v) is 5.63. The zero-order chi connectivity index (χ0) is 24.8. The summed E-state index contributed by atoms with van der Waals surface area (Å²) in [6.07, 6.45) is 0.801. The summed E-state index contributed by atoms with van der Waals surface area (Å²) >= 11 is 1.07. The smallest absolute Gasteiger partial charge is 0.459 e. The van der Waals surface area contributed by atoms with Crippen LogP contribution in [0.25, 0.3) is 0 Å². The van der Waals surface area contributed by atoms with E-state index in [0.717, 1.165) is 23.6 Å². The summed E-state index contributed by atoms with van der Waals surface area (Å²) in [6, 6.07) is 0.938. The molecule has 1 saturated heterocycles. The molecule has 16 heteroatoms. The van der Waals surface area contributed by atoms with Gasteiger partial charge in [-0.25, -0.2) is 4.98 Å². The van der Waals surface area contributed by atoms with E-state index >= 15 is 0 Å². The standard InChI is InChI=1S/C18H22BN5O9S/c20-18-22-12(8-34-18)16(23-32-7-10-3-13(25)14(26)6-24(10)31)17(29)21-5-9-1-2-11(4-15(27)28)33-19(9)30/h3,6,8-9,11,26,30-31H,1-2,4-5,7H2,(H2,20,22)(H,21,29)(H,27,28)/b23-16-/t9?,11-/m0/s1. The quantitative estimate of drug-likeness (QED) is 0.111. The highest BCUT2D eigenvalue weighted by Crippen LogP contribution is 2.27. The fourth-order valence-corrected chi connectivity index (χ4v) is 3.75. The van der Waals surface area contributed by atoms with Crippen LogP contribution in [0.15, 0.2) is 27.6 Å². The van der Waals surface area contributed by atoms with Crippen molar-refractivity contribution in [3.8, 4) is 5.75 Å². The fourth-order valence-electron chi connectivity index (χ4n) is 3.20. The molecule has 1 aliphatic heterocycles. The van der Waals surface area contributed by atoms with Gasteiger partial charge in [0, 0.05) is 23.8 Å². The lowest BCUT2D eigenvalue weighted by Crippen LogP contribution is -2.43. The molecule has 3 heterocycles. The monoisotopic (exact) mass is 495 g/mol. The molecule has 3 rings (SSSR count). The minimum Gasteiger partial charge on any atom is -0.503 e. The maximum atomic E-state index is 12.8. The molecule has 1 unspecified atom stereocenters. The number of aliphatic carboxylic acids is 1. The molecule has 0 saturated carbocycles. The van der Waals surface area contributed by atoms with Crippen molar-refractivity contribution >= 4 is 41.2 Å². The summed E-state index contributed by atoms with van der Waals surface area (Å²) in [4.78, 5) is 44.3. The molecule has 0 radical (unpaired) electrons. The number of nitrogens with one attached hydrogen (secondary N) is 1. The van der Waals surface area contributed by atoms with E-state index in [0.29, 0.717) is 17.6 Å². The van der Waals surface area contributed by atoms with Gasteiger partial charge in [0.1, 0.15) is 11.4 Å². The van der Waals surface area contributed by atoms with E-state index < -0.39 is 48.7 Å². The summed E-state index contributed by atoms with van der Waals surface area (Å²) in [7, 11) is -1.25. The van der Waals surface area contributed by atoms with Crippen molar-refractivity contribution in [2.24, 2.45) is 5.16 Å². The summed E-state index contributed by atoms with van der Waals surface area (Å²) in [5.74, 6) is -2.86. The Morgan fingerprint density at radius 2 is 2.21 bits per heavy atom. The Bertz CT molecular complexity index is 1140. The largest absolute Gasteiger partial charge is 0.503 e. The van der Waals surface area contributed by atoms with Crippen LogP contribution in [0, 0.1) is 0 Å². The van der Waals surface area contributed by atoms with Crippen molar-refractivity contribution < 1.29 is 39.5 Å². The third kappa shape index (κ3) is 6.46. The first kappa shape index (κ1) is 25.0. The topological polar surface area (TPSA) is 219 Å². The number of amides is 1. The molecular formula is C18H22BN5O9S. The first-order valence-electron chi connectivity index (χ1n) is 10.0. The predicted molar refractivity (Wildman–Crippen MR) is 118 cm³/mol. The van der Waals surface area contributed by atoms with Gasteiger partial charge in [0.2, 0.25) is 5.43 Å². The second-order valence-corrected chi connectivity index (χ2v) is 8.33. The van der Waals surface area contributed by atoms with Gasteiger partial charge in [-0.15, -0.1) is 11.3 Å². The first-order chi connectivity index (χ1) is 16.1. The average Bonchev–Trinajstić information content (AvgIpc) is 3.19. The molecule has 2 atom stereocenters. The second kappa shape index (κ2) is 11.0. The normalized spacial score (nSPS) is 18.5. The minimum atomic E-state index is -1.25. The Balaban J connectivity index is 1.65. The lowest BCUT2D eigenvalue weighted by Gasteiger charge is -2.30. The number of thiazole rings is 1. The highest BCUT2D eigenvalue weighted by molar-refractivity contribution is 7.13. The van der Waals surface area contributed by atoms with E-state index in [1.165, 1.54) is 5.38 Å². The van der Waals surface area contributed by atoms with Gasteiger partial charge >= 0.3 is 13.1 Å². The number of hydrogen-bond donors (Lipinski definition) is 6. The molecule has 2 aromatic heterocycles. The van der Waals surface area contributed by atoms with E-state index in [9.17, 15) is 29.7 Å². The van der Waals surface area contributed by atoms with Gasteiger partial charge in [-0.3, -0.25) is 14.4 Å². The molecule has 0 aromatic carbocycles. The maximum absolute atomic E-state index is 12.8. The Labute approximate surface area is 196 Å². The molecule has 0 bridgehead atoms. The number of oxime groups is 1. The first-order valence-corrected chi connectivity index (χ1v) is 10.9. The van der Waals surface area contributed by atoms with Gasteiger partial charge in [0.15, 0.2) is 23.2 Å². The number of carboxylic acids is 1. The van der Waals surface area contributed by atoms with Crippen LogP contribution in [0.5, 0.6) is 5.75 Å². The summed E-state index contributed by atoms with van der Waals surface area (Å²) in [5, 5.41) is 46.1. The van der Waals surface area contributed by atoms with E-state index in [-0.39, 0.29) is 35.2 Å². The van der Waals surface area contributed by atoms with Crippen molar-refractivity contribution in [2.45, 2.75) is 37.8 Å². The summed E-state index contributed by atoms with van der Waals surface area (Å²) < 4.78 is 5.79. The number of rotatable bonds is 9. The van der Waals surface area contributed by atoms with E-state index in [4.69, 9.17) is 20.3 Å². The molecule has 0 aliphatic carbocycles. The number of carbonyl (C=O) groups excluding carboxylic acids is 1. The predicted octanol–water partition coefficient (Wildman–Crippen LogP) is -0.629. The van der Waals surface area contributed by atoms with Crippen LogP contribution in [0.2, 0.25) is 5.82 Å². The molecule has 182 valence electrons. The van der Waals surface area contributed by atoms with Crippen molar-refractivity contribution in [3.05, 3.63) is 39.3 Å². The number of nitrogens with two attached hydrogens (primary N) is 1. The van der Waals surface area contributed by atoms with Crippen LogP contribution in [-0.4, -0.2) is 67.5 Å². The minimum absolute atomic E-state index is 0.00652. The summed E-state index contributed by atoms with van der Waals surface area (Å²) in [5.41, 5.74) is 4.74. The number of carboxylic acid groups (broad SMARTS) is 1. The lowest BCUT2D eigenvalue weighted by molar-refractivity contribution is -0.139. The number of nitrogen functional groups attached to an aromatic ring is 1. The van der Waals surface area contributed by atoms with Crippen molar-refractivity contribution in [3.63, 3.8) is 0 Å². The van der Waals surface area contributed by atoms with Crippen LogP contribution in [0.1, 0.15) is 30.7 Å². The lowest BCUT2D eigenvalue weighted by atomic mass is 9.66. The molecule has 14 nitrogen and oxygen atoms in total. The Kier molecular flexibility index (Phi) is 8.09. The Morgan fingerprint density at radius 1 is 1.44 bits per heavy atom. The zero-order valence-corrected chi connectivity index (χ0v) is 18.5. The van der Waals surface area contributed by atoms with Gasteiger partial charge in [-0.2, -0.15) is 4.73 Å². The number of anilines is 1. The van der Waals surface area contributed by atoms with E-state index in [1.54, 1.807) is 0 Å². The summed E-state index contributed by atoms with van der Waals surface area (Å²) in [6.45, 7) is -0.408. The average molecular weight is 495 g/mol. The molecule has 0 spiro atoms. The Hall–Kier alpha value is -3.63. The van der Waals surface area contributed by atoms with Gasteiger partial charge in [0.25, 0.3) is 5.91 Å². The SMILES string of the molecule is Nc1nc(/C(=N/OCc2cc(=O)c(O)cn2O)C(=O)NCC2CC[C@@H](CC(=O)O)OB2O)cs1. The number of nitrogens with zero attached hydrogens (tertiary/aromatic N) is 3. The maximum Gasteiger partial charge on any atom is 0.459 e. The Morgan fingerprint density at radius 3 is 2.85 bits per heavy atom. The zero-order valence-electron chi connectivity index (χ0n) is 17.7. The van der Waals surface area contributed by atoms with Crippen molar-refractivity contribution in [1.29, 1.82) is 0 Å². The highest BCUT2D eigenvalue weighted by Gasteiger charge is 2.36. The van der Waals surface area contributed by atoms with Crippen LogP contribution in [0.3, 0.4) is 0 Å². The number of pyridine rings is 1. The number of aromatic hydroxyl groups is 1. The van der Waals surface area contributed by atoms with Gasteiger partial charge < -0.3 is 41.0 Å². The van der Waals surface area contributed by atoms with Crippen LogP contribution >= 0.6 is 11.3 Å². The van der Waals surface area contributed by atoms with Crippen LogP contribution < -0.4 is 16.5 Å². The highest BCUT2D eigenvalue weighted by atomic mass is 32.1. The van der Waals surface area contributed by atoms with Gasteiger partial charge in [0.05, 0.1) is 18.7 Å². The third-order valence-electron chi connectivity index (χ3n) is 4.96. The van der Waals surface area contributed by atoms with Crippen molar-refractivity contribution in [2.75, 3.05) is 12.3 Å². The molecule has 1 amide bonds. The van der Waals surface area contributed by atoms with Crippen LogP contribution in [0.4, 0.5) is 5.13 Å². The molecule has 2 aromatic rings. The van der Waals surface area contributed by atoms with Gasteiger partial charge in [-0.05, 0) is 12.8 Å². The van der Waals surface area contributed by atoms with Crippen LogP contribution in [-0.2, 0) is 25.7 Å². The molecule has 1 aliphatic rings. The number of aromatic nitrogens is 2. The number of hydrogen-bond acceptors (Lipinski definition) is 12. The molecule has 34 heavy (non-hydrogen) atoms. The van der Waals surface area contributed by atoms with Crippen molar-refractivity contribution in [1.82, 2.24) is 15.0 Å². The molecule has 7 N–H and O–H groups in total. The van der Waals surface area contributed by atoms with Gasteiger partial charge in [-0.1, -0.05) is 5.16 Å².